The Hall–Kier alpha value is -4.11. The van der Waals surface area contributed by atoms with Gasteiger partial charge in [0.05, 0.1) is 29.9 Å². The zero-order chi connectivity index (χ0) is 29.5. The number of carbonyl (C=O) groups is 3. The van der Waals surface area contributed by atoms with Gasteiger partial charge in [-0.15, -0.1) is 11.3 Å². The van der Waals surface area contributed by atoms with Gasteiger partial charge < -0.3 is 24.6 Å². The number of aryl methyl sites for hydroxylation is 1. The highest BCUT2D eigenvalue weighted by Crippen LogP contribution is 2.43. The van der Waals surface area contributed by atoms with E-state index < -0.39 is 30.1 Å². The molecule has 0 aliphatic carbocycles. The maximum atomic E-state index is 13.4. The van der Waals surface area contributed by atoms with Crippen LogP contribution in [0.1, 0.15) is 39.6 Å². The minimum Gasteiger partial charge on any atom is -0.481 e. The fourth-order valence-electron chi connectivity index (χ4n) is 4.43. The quantitative estimate of drug-likeness (QED) is 0.465. The molecular weight excluding hydrogens is 565 g/mol. The number of hydrogen-bond donors (Lipinski definition) is 1. The van der Waals surface area contributed by atoms with Crippen molar-refractivity contribution in [3.05, 3.63) is 52.6 Å². The molecule has 0 radical (unpaired) electrons. The monoisotopic (exact) mass is 590 g/mol. The number of carbonyl (C=O) groups excluding carboxylic acids is 3. The first kappa shape index (κ1) is 28.4. The van der Waals surface area contributed by atoms with Crippen LogP contribution in [0.25, 0.3) is 10.6 Å². The Morgan fingerprint density at radius 2 is 1.88 bits per heavy atom. The number of nitrogens with one attached hydrogen (secondary N) is 1. The first-order valence-corrected chi connectivity index (χ1v) is 13.3. The highest BCUT2D eigenvalue weighted by atomic mass is 32.1. The van der Waals surface area contributed by atoms with Crippen molar-refractivity contribution < 1.29 is 37.0 Å². The van der Waals surface area contributed by atoms with Crippen LogP contribution in [0.4, 0.5) is 18.9 Å². The molecule has 1 fully saturated rings. The van der Waals surface area contributed by atoms with Crippen LogP contribution >= 0.6 is 11.3 Å². The van der Waals surface area contributed by atoms with E-state index in [0.29, 0.717) is 22.0 Å². The SMILES string of the molecule is Cc1cnc(-c2cc(C(=O)N[C@H](C)c3cnc(C(F)(F)F)nc3)cc3c2OCC(=O)N3C[C@@H]2CN(C)C(=O)CO2)s1. The molecule has 2 aromatic heterocycles. The van der Waals surface area contributed by atoms with Gasteiger partial charge in [-0.05, 0) is 26.0 Å². The Kier molecular flexibility index (Phi) is 7.66. The highest BCUT2D eigenvalue weighted by Gasteiger charge is 2.36. The number of rotatable bonds is 6. The van der Waals surface area contributed by atoms with Crippen LogP contribution in [0.3, 0.4) is 0 Å². The van der Waals surface area contributed by atoms with Crippen molar-refractivity contribution in [2.24, 2.45) is 0 Å². The van der Waals surface area contributed by atoms with Gasteiger partial charge in [-0.1, -0.05) is 0 Å². The third kappa shape index (κ3) is 6.00. The Morgan fingerprint density at radius 1 is 1.15 bits per heavy atom. The van der Waals surface area contributed by atoms with Crippen molar-refractivity contribution in [2.75, 3.05) is 38.3 Å². The van der Waals surface area contributed by atoms with Crippen molar-refractivity contribution >= 4 is 34.7 Å². The standard InChI is InChI=1S/C26H25F3N6O5S/c1-13-6-30-24(41-13)18-4-15(23(38)33-14(2)16-7-31-25(32-8-16)26(27,28)29)5-19-22(18)40-12-21(37)35(19)10-17-9-34(3)20(36)11-39-17/h4-8,14,17H,9-12H2,1-3H3,(H,33,38)/t14-,17+/m1/s1. The lowest BCUT2D eigenvalue weighted by Crippen LogP contribution is -2.51. The third-order valence-corrected chi connectivity index (χ3v) is 7.57. The summed E-state index contributed by atoms with van der Waals surface area (Å²) in [7, 11) is 1.65. The number of fused-ring (bicyclic) bond motifs is 1. The molecule has 1 aromatic carbocycles. The number of ether oxygens (including phenoxy) is 2. The molecular formula is C26H25F3N6O5S. The molecule has 3 aromatic rings. The van der Waals surface area contributed by atoms with Crippen molar-refractivity contribution in [1.82, 2.24) is 25.2 Å². The fourth-order valence-corrected chi connectivity index (χ4v) is 5.20. The average Bonchev–Trinajstić information content (AvgIpc) is 3.37. The molecule has 41 heavy (non-hydrogen) atoms. The number of benzene rings is 1. The van der Waals surface area contributed by atoms with E-state index in [1.807, 2.05) is 6.92 Å². The van der Waals surface area contributed by atoms with Crippen LogP contribution in [-0.2, 0) is 20.5 Å². The Balaban J connectivity index is 1.47. The van der Waals surface area contributed by atoms with Gasteiger partial charge in [0.25, 0.3) is 11.8 Å². The van der Waals surface area contributed by atoms with Gasteiger partial charge >= 0.3 is 6.18 Å². The number of amides is 3. The van der Waals surface area contributed by atoms with Crippen LogP contribution in [-0.4, -0.2) is 77.0 Å². The van der Waals surface area contributed by atoms with Gasteiger partial charge in [0, 0.05) is 48.2 Å². The highest BCUT2D eigenvalue weighted by molar-refractivity contribution is 7.15. The average molecular weight is 591 g/mol. The van der Waals surface area contributed by atoms with Gasteiger partial charge in [-0.2, -0.15) is 13.2 Å². The number of aromatic nitrogens is 3. The summed E-state index contributed by atoms with van der Waals surface area (Å²) in [6.07, 6.45) is -1.44. The summed E-state index contributed by atoms with van der Waals surface area (Å²) in [5.74, 6) is -1.97. The number of hydrogen-bond acceptors (Lipinski definition) is 9. The van der Waals surface area contributed by atoms with Crippen LogP contribution in [0.2, 0.25) is 0 Å². The van der Waals surface area contributed by atoms with Gasteiger partial charge in [0.15, 0.2) is 12.4 Å². The Bertz CT molecular complexity index is 1500. The zero-order valence-corrected chi connectivity index (χ0v) is 23.0. The van der Waals surface area contributed by atoms with Gasteiger partial charge in [-0.3, -0.25) is 14.4 Å². The van der Waals surface area contributed by atoms with Gasteiger partial charge in [-0.25, -0.2) is 15.0 Å². The molecule has 1 saturated heterocycles. The summed E-state index contributed by atoms with van der Waals surface area (Å²) >= 11 is 1.38. The predicted molar refractivity (Wildman–Crippen MR) is 140 cm³/mol. The number of halogens is 3. The molecule has 15 heteroatoms. The molecule has 4 heterocycles. The second kappa shape index (κ2) is 11.0. The van der Waals surface area contributed by atoms with Crippen LogP contribution in [0.15, 0.2) is 30.7 Å². The topological polar surface area (TPSA) is 127 Å². The number of nitrogens with zero attached hydrogens (tertiary/aromatic N) is 5. The van der Waals surface area contributed by atoms with Gasteiger partial charge in [0.2, 0.25) is 11.7 Å². The summed E-state index contributed by atoms with van der Waals surface area (Å²) in [6.45, 7) is 3.53. The Morgan fingerprint density at radius 3 is 2.51 bits per heavy atom. The van der Waals surface area contributed by atoms with E-state index in [0.717, 1.165) is 17.3 Å². The second-order valence-electron chi connectivity index (χ2n) is 9.68. The number of anilines is 1. The molecule has 2 atom stereocenters. The molecule has 0 saturated carbocycles. The molecule has 0 spiro atoms. The van der Waals surface area contributed by atoms with E-state index in [2.05, 4.69) is 20.3 Å². The van der Waals surface area contributed by atoms with E-state index in [9.17, 15) is 27.6 Å². The summed E-state index contributed by atoms with van der Waals surface area (Å²) in [4.78, 5) is 53.4. The second-order valence-corrected chi connectivity index (χ2v) is 10.9. The maximum Gasteiger partial charge on any atom is 0.451 e. The third-order valence-electron chi connectivity index (χ3n) is 6.62. The van der Waals surface area contributed by atoms with E-state index >= 15 is 0 Å². The molecule has 2 aliphatic rings. The van der Waals surface area contributed by atoms with E-state index in [-0.39, 0.29) is 49.2 Å². The van der Waals surface area contributed by atoms with Crippen molar-refractivity contribution in [3.63, 3.8) is 0 Å². The summed E-state index contributed by atoms with van der Waals surface area (Å²) < 4.78 is 50.0. The van der Waals surface area contributed by atoms with Gasteiger partial charge in [0.1, 0.15) is 11.6 Å². The van der Waals surface area contributed by atoms with Crippen molar-refractivity contribution in [3.8, 4) is 16.3 Å². The molecule has 3 amide bonds. The maximum absolute atomic E-state index is 13.4. The van der Waals surface area contributed by atoms with E-state index in [1.54, 1.807) is 26.2 Å². The number of morpholine rings is 1. The summed E-state index contributed by atoms with van der Waals surface area (Å²) in [6, 6.07) is 2.38. The number of alkyl halides is 3. The molecule has 0 unspecified atom stereocenters. The molecule has 11 nitrogen and oxygen atoms in total. The summed E-state index contributed by atoms with van der Waals surface area (Å²) in [5, 5.41) is 3.32. The Labute approximate surface area is 236 Å². The van der Waals surface area contributed by atoms with Crippen LogP contribution in [0.5, 0.6) is 5.75 Å². The number of likely N-dealkylation sites (N-methyl/N-ethyl adjacent to an activating group) is 1. The molecule has 216 valence electrons. The minimum absolute atomic E-state index is 0.107. The fraction of sp³-hybridized carbons (Fsp3) is 0.385. The smallest absolute Gasteiger partial charge is 0.451 e. The lowest BCUT2D eigenvalue weighted by atomic mass is 10.0. The molecule has 2 aliphatic heterocycles. The van der Waals surface area contributed by atoms with Crippen LogP contribution < -0.4 is 15.0 Å². The van der Waals surface area contributed by atoms with Crippen molar-refractivity contribution in [1.29, 1.82) is 0 Å². The zero-order valence-electron chi connectivity index (χ0n) is 22.2. The normalized spacial score (nSPS) is 18.1. The molecule has 0 bridgehead atoms. The summed E-state index contributed by atoms with van der Waals surface area (Å²) in [5.41, 5.74) is 1.29. The first-order valence-electron chi connectivity index (χ1n) is 12.5. The molecule has 1 N–H and O–H groups in total. The first-order chi connectivity index (χ1) is 19.4. The van der Waals surface area contributed by atoms with E-state index in [1.165, 1.54) is 27.2 Å². The molecule has 5 rings (SSSR count). The van der Waals surface area contributed by atoms with Crippen LogP contribution in [0, 0.1) is 6.92 Å². The van der Waals surface area contributed by atoms with Crippen molar-refractivity contribution in [2.45, 2.75) is 32.2 Å². The van der Waals surface area contributed by atoms with E-state index in [4.69, 9.17) is 9.47 Å². The lowest BCUT2D eigenvalue weighted by Gasteiger charge is -2.36. The number of thiazole rings is 1. The minimum atomic E-state index is -4.68. The largest absolute Gasteiger partial charge is 0.481 e. The lowest BCUT2D eigenvalue weighted by molar-refractivity contribution is -0.146. The predicted octanol–water partition coefficient (Wildman–Crippen LogP) is 3.00.